The van der Waals surface area contributed by atoms with Crippen LogP contribution in [-0.4, -0.2) is 33.9 Å². The van der Waals surface area contributed by atoms with Crippen LogP contribution in [0.3, 0.4) is 0 Å². The summed E-state index contributed by atoms with van der Waals surface area (Å²) in [6.07, 6.45) is 6.05. The zero-order valence-corrected chi connectivity index (χ0v) is 14.3. The zero-order valence-electron chi connectivity index (χ0n) is 13.5. The van der Waals surface area contributed by atoms with Crippen LogP contribution in [0.1, 0.15) is 49.4 Å². The third-order valence-corrected chi connectivity index (χ3v) is 5.81. The number of nitrogens with one attached hydrogen (secondary N) is 1. The van der Waals surface area contributed by atoms with Crippen molar-refractivity contribution in [1.82, 2.24) is 9.97 Å². The Bertz CT molecular complexity index is 690. The monoisotopic (exact) mass is 349 g/mol. The highest BCUT2D eigenvalue weighted by atomic mass is 35.5. The fraction of sp³-hybridized carbons (Fsp3) is 0.647. The number of aromatic nitrogens is 2. The summed E-state index contributed by atoms with van der Waals surface area (Å²) in [5.74, 6) is 1.25. The van der Waals surface area contributed by atoms with E-state index < -0.39 is 5.97 Å². The normalized spacial score (nSPS) is 33.6. The molecule has 7 heteroatoms. The number of ketones is 1. The van der Waals surface area contributed by atoms with Gasteiger partial charge < -0.3 is 10.1 Å². The van der Waals surface area contributed by atoms with Gasteiger partial charge >= 0.3 is 5.97 Å². The molecule has 4 aliphatic carbocycles. The standard InChI is InChI=1S/C17H20ClN3O3/c1-2-24-15(23)12-8-19-16(18)20-14(12)21-17-5-9-3-10(6-17)13(22)11(4-9)7-17/h8-11H,2-7H2,1H3,(H,19,20,21). The molecule has 1 aromatic heterocycles. The molecule has 0 saturated heterocycles. The van der Waals surface area contributed by atoms with Crippen molar-refractivity contribution in [1.29, 1.82) is 0 Å². The lowest BCUT2D eigenvalue weighted by Gasteiger charge is -2.56. The molecule has 4 fully saturated rings. The van der Waals surface area contributed by atoms with Crippen molar-refractivity contribution >= 4 is 29.2 Å². The number of ether oxygens (including phenoxy) is 1. The number of Topliss-reactive ketones (excluding diaryl/α,β-unsaturated/α-hetero) is 1. The highest BCUT2D eigenvalue weighted by molar-refractivity contribution is 6.28. The number of halogens is 1. The van der Waals surface area contributed by atoms with Gasteiger partial charge in [-0.05, 0) is 56.5 Å². The number of hydrogen-bond acceptors (Lipinski definition) is 6. The third-order valence-electron chi connectivity index (χ3n) is 5.63. The summed E-state index contributed by atoms with van der Waals surface area (Å²) in [6, 6.07) is 0. The van der Waals surface area contributed by atoms with Crippen LogP contribution in [0, 0.1) is 17.8 Å². The lowest BCUT2D eigenvalue weighted by atomic mass is 9.52. The molecule has 1 aromatic rings. The lowest BCUT2D eigenvalue weighted by molar-refractivity contribution is -0.140. The van der Waals surface area contributed by atoms with E-state index in [-0.39, 0.29) is 29.3 Å². The summed E-state index contributed by atoms with van der Waals surface area (Å²) in [4.78, 5) is 32.6. The van der Waals surface area contributed by atoms with Crippen molar-refractivity contribution in [3.05, 3.63) is 17.0 Å². The highest BCUT2D eigenvalue weighted by Crippen LogP contribution is 2.55. The molecule has 128 valence electrons. The average molecular weight is 350 g/mol. The first-order valence-corrected chi connectivity index (χ1v) is 8.89. The minimum atomic E-state index is -0.461. The number of rotatable bonds is 4. The van der Waals surface area contributed by atoms with Crippen LogP contribution in [0.25, 0.3) is 0 Å². The summed E-state index contributed by atoms with van der Waals surface area (Å²) in [5, 5.41) is 3.56. The van der Waals surface area contributed by atoms with Gasteiger partial charge in [0.15, 0.2) is 0 Å². The Kier molecular flexibility index (Phi) is 3.75. The molecule has 0 spiro atoms. The van der Waals surface area contributed by atoms with Gasteiger partial charge in [-0.2, -0.15) is 4.98 Å². The number of nitrogens with zero attached hydrogens (tertiary/aromatic N) is 2. The molecule has 6 nitrogen and oxygen atoms in total. The molecular formula is C17H20ClN3O3. The second kappa shape index (κ2) is 5.69. The maximum Gasteiger partial charge on any atom is 0.343 e. The summed E-state index contributed by atoms with van der Waals surface area (Å²) in [5.41, 5.74) is 0.117. The molecule has 5 rings (SSSR count). The summed E-state index contributed by atoms with van der Waals surface area (Å²) in [6.45, 7) is 2.04. The average Bonchev–Trinajstić information content (AvgIpc) is 2.51. The van der Waals surface area contributed by atoms with E-state index in [1.807, 2.05) is 0 Å². The number of hydrogen-bond donors (Lipinski definition) is 1. The Balaban J connectivity index is 1.65. The fourth-order valence-electron chi connectivity index (χ4n) is 4.97. The van der Waals surface area contributed by atoms with Gasteiger partial charge in [-0.25, -0.2) is 9.78 Å². The molecule has 0 aromatic carbocycles. The van der Waals surface area contributed by atoms with Crippen LogP contribution in [0.2, 0.25) is 5.28 Å². The molecule has 0 amide bonds. The van der Waals surface area contributed by atoms with Crippen molar-refractivity contribution in [3.8, 4) is 0 Å². The van der Waals surface area contributed by atoms with Crippen LogP contribution >= 0.6 is 11.6 Å². The Morgan fingerprint density at radius 1 is 1.38 bits per heavy atom. The maximum atomic E-state index is 12.3. The Morgan fingerprint density at radius 2 is 2.08 bits per heavy atom. The maximum absolute atomic E-state index is 12.3. The van der Waals surface area contributed by atoms with Gasteiger partial charge in [0.2, 0.25) is 5.28 Å². The summed E-state index contributed by atoms with van der Waals surface area (Å²) >= 11 is 5.94. The number of carbonyl (C=O) groups is 2. The molecule has 1 N–H and O–H groups in total. The van der Waals surface area contributed by atoms with Gasteiger partial charge in [0.25, 0.3) is 0 Å². The van der Waals surface area contributed by atoms with E-state index in [1.165, 1.54) is 6.20 Å². The first-order chi connectivity index (χ1) is 11.5. The second-order valence-electron chi connectivity index (χ2n) is 7.27. The van der Waals surface area contributed by atoms with E-state index in [1.54, 1.807) is 6.92 Å². The molecule has 1 heterocycles. The summed E-state index contributed by atoms with van der Waals surface area (Å²) < 4.78 is 5.09. The number of anilines is 1. The minimum absolute atomic E-state index is 0.0892. The van der Waals surface area contributed by atoms with Crippen molar-refractivity contribution in [2.75, 3.05) is 11.9 Å². The SMILES string of the molecule is CCOC(=O)c1cnc(Cl)nc1NC12CC3CC(C1)C(=O)C(C3)C2. The second-order valence-corrected chi connectivity index (χ2v) is 7.61. The first-order valence-electron chi connectivity index (χ1n) is 8.51. The molecule has 0 aliphatic heterocycles. The van der Waals surface area contributed by atoms with Gasteiger partial charge in [-0.1, -0.05) is 0 Å². The predicted octanol–water partition coefficient (Wildman–Crippen LogP) is 2.87. The third kappa shape index (κ3) is 2.57. The van der Waals surface area contributed by atoms with Gasteiger partial charge in [0, 0.05) is 23.6 Å². The molecule has 4 aliphatic rings. The minimum Gasteiger partial charge on any atom is -0.462 e. The van der Waals surface area contributed by atoms with Crippen molar-refractivity contribution in [2.45, 2.75) is 44.6 Å². The Morgan fingerprint density at radius 3 is 2.75 bits per heavy atom. The van der Waals surface area contributed by atoms with E-state index in [2.05, 4.69) is 15.3 Å². The Labute approximate surface area is 145 Å². The van der Waals surface area contributed by atoms with Gasteiger partial charge in [-0.15, -0.1) is 0 Å². The van der Waals surface area contributed by atoms with E-state index >= 15 is 0 Å². The van der Waals surface area contributed by atoms with E-state index in [0.29, 0.717) is 23.1 Å². The number of esters is 1. The van der Waals surface area contributed by atoms with Gasteiger partial charge in [-0.3, -0.25) is 4.79 Å². The van der Waals surface area contributed by atoms with E-state index in [0.717, 1.165) is 32.1 Å². The van der Waals surface area contributed by atoms with Gasteiger partial charge in [0.1, 0.15) is 17.2 Å². The van der Waals surface area contributed by atoms with Crippen LogP contribution in [-0.2, 0) is 9.53 Å². The topological polar surface area (TPSA) is 81.2 Å². The molecule has 2 atom stereocenters. The zero-order chi connectivity index (χ0) is 16.9. The number of carbonyl (C=O) groups excluding carboxylic acids is 2. The van der Waals surface area contributed by atoms with Crippen molar-refractivity contribution < 1.29 is 14.3 Å². The smallest absolute Gasteiger partial charge is 0.343 e. The van der Waals surface area contributed by atoms with Gasteiger partial charge in [0.05, 0.1) is 6.61 Å². The predicted molar refractivity (Wildman–Crippen MR) is 87.9 cm³/mol. The molecule has 4 bridgehead atoms. The fourth-order valence-corrected chi connectivity index (χ4v) is 5.10. The largest absolute Gasteiger partial charge is 0.462 e. The summed E-state index contributed by atoms with van der Waals surface area (Å²) in [7, 11) is 0. The van der Waals surface area contributed by atoms with Crippen LogP contribution in [0.15, 0.2) is 6.20 Å². The van der Waals surface area contributed by atoms with Crippen LogP contribution in [0.4, 0.5) is 5.82 Å². The highest BCUT2D eigenvalue weighted by Gasteiger charge is 2.55. The Hall–Kier alpha value is -1.69. The molecule has 2 unspecified atom stereocenters. The lowest BCUT2D eigenvalue weighted by Crippen LogP contribution is -2.58. The molecule has 0 radical (unpaired) electrons. The molecule has 24 heavy (non-hydrogen) atoms. The van der Waals surface area contributed by atoms with E-state index in [4.69, 9.17) is 16.3 Å². The van der Waals surface area contributed by atoms with Crippen LogP contribution < -0.4 is 5.32 Å². The van der Waals surface area contributed by atoms with Crippen LogP contribution in [0.5, 0.6) is 0 Å². The first kappa shape index (κ1) is 15.8. The quantitative estimate of drug-likeness (QED) is 0.665. The van der Waals surface area contributed by atoms with Crippen molar-refractivity contribution in [3.63, 3.8) is 0 Å². The molecular weight excluding hydrogens is 330 g/mol. The van der Waals surface area contributed by atoms with E-state index in [9.17, 15) is 9.59 Å². The van der Waals surface area contributed by atoms with Crippen molar-refractivity contribution in [2.24, 2.45) is 17.8 Å². The molecule has 4 saturated carbocycles.